The van der Waals surface area contributed by atoms with Crippen molar-refractivity contribution >= 4 is 5.91 Å². The summed E-state index contributed by atoms with van der Waals surface area (Å²) in [7, 11) is 0. The lowest BCUT2D eigenvalue weighted by atomic mass is 10.0. The summed E-state index contributed by atoms with van der Waals surface area (Å²) in [5.41, 5.74) is 2.45. The number of benzene rings is 1. The number of β-amino-alcohol motifs (C(OH)–C–C–N with tert-alkyl or cyclic N) is 1. The Hall–Kier alpha value is -2.27. The molecule has 2 atom stereocenters. The number of aliphatic hydroxyl groups is 1. The van der Waals surface area contributed by atoms with E-state index in [1.807, 2.05) is 19.1 Å². The molecule has 120 valence electrons. The van der Waals surface area contributed by atoms with Crippen LogP contribution in [0.3, 0.4) is 0 Å². The van der Waals surface area contributed by atoms with Gasteiger partial charge in [-0.05, 0) is 42.7 Å². The fourth-order valence-corrected chi connectivity index (χ4v) is 3.00. The van der Waals surface area contributed by atoms with Crippen molar-refractivity contribution in [2.45, 2.75) is 31.9 Å². The summed E-state index contributed by atoms with van der Waals surface area (Å²) >= 11 is 0. The van der Waals surface area contributed by atoms with Gasteiger partial charge in [0.25, 0.3) is 0 Å². The molecule has 0 spiro atoms. The minimum atomic E-state index is -0.580. The number of carbonyl (C=O) groups excluding carboxylic acids is 1. The number of hydrogen-bond acceptors (Lipinski definition) is 3. The van der Waals surface area contributed by atoms with Gasteiger partial charge in [0.15, 0.2) is 0 Å². The summed E-state index contributed by atoms with van der Waals surface area (Å²) in [4.78, 5) is 18.4. The van der Waals surface area contributed by atoms with Crippen LogP contribution in [0.2, 0.25) is 0 Å². The highest BCUT2D eigenvalue weighted by atomic mass is 19.1. The van der Waals surface area contributed by atoms with E-state index in [0.29, 0.717) is 6.42 Å². The van der Waals surface area contributed by atoms with Gasteiger partial charge in [0.2, 0.25) is 5.91 Å². The minimum absolute atomic E-state index is 0.0820. The molecule has 1 saturated heterocycles. The van der Waals surface area contributed by atoms with E-state index >= 15 is 0 Å². The van der Waals surface area contributed by atoms with Gasteiger partial charge in [-0.15, -0.1) is 0 Å². The third-order valence-corrected chi connectivity index (χ3v) is 4.16. The zero-order valence-corrected chi connectivity index (χ0v) is 12.9. The van der Waals surface area contributed by atoms with E-state index < -0.39 is 6.10 Å². The highest BCUT2D eigenvalue weighted by Crippen LogP contribution is 2.32. The number of aryl methyl sites for hydroxylation is 1. The molecule has 2 heterocycles. The zero-order valence-electron chi connectivity index (χ0n) is 12.9. The van der Waals surface area contributed by atoms with Gasteiger partial charge in [-0.25, -0.2) is 4.39 Å². The number of halogens is 1. The van der Waals surface area contributed by atoms with Crippen LogP contribution in [0, 0.1) is 12.7 Å². The highest BCUT2D eigenvalue weighted by Gasteiger charge is 2.35. The monoisotopic (exact) mass is 314 g/mol. The van der Waals surface area contributed by atoms with Crippen molar-refractivity contribution in [1.82, 2.24) is 9.88 Å². The first-order chi connectivity index (χ1) is 11.0. The van der Waals surface area contributed by atoms with Gasteiger partial charge in [0.1, 0.15) is 5.82 Å². The van der Waals surface area contributed by atoms with Crippen molar-refractivity contribution in [2.24, 2.45) is 0 Å². The van der Waals surface area contributed by atoms with Crippen molar-refractivity contribution in [2.75, 3.05) is 6.54 Å². The van der Waals surface area contributed by atoms with E-state index in [1.165, 1.54) is 12.1 Å². The van der Waals surface area contributed by atoms with Gasteiger partial charge in [-0.2, -0.15) is 0 Å². The largest absolute Gasteiger partial charge is 0.391 e. The summed E-state index contributed by atoms with van der Waals surface area (Å²) in [5.74, 6) is -0.416. The highest BCUT2D eigenvalue weighted by molar-refractivity contribution is 5.79. The summed E-state index contributed by atoms with van der Waals surface area (Å²) in [6.45, 7) is 2.17. The Labute approximate surface area is 134 Å². The van der Waals surface area contributed by atoms with Crippen molar-refractivity contribution in [1.29, 1.82) is 0 Å². The van der Waals surface area contributed by atoms with E-state index in [9.17, 15) is 14.3 Å². The van der Waals surface area contributed by atoms with E-state index in [-0.39, 0.29) is 30.7 Å². The van der Waals surface area contributed by atoms with Crippen LogP contribution in [0.1, 0.15) is 29.3 Å². The Morgan fingerprint density at radius 1 is 1.39 bits per heavy atom. The Morgan fingerprint density at radius 2 is 2.22 bits per heavy atom. The van der Waals surface area contributed by atoms with Crippen LogP contribution in [0.15, 0.2) is 42.6 Å². The predicted octanol–water partition coefficient (Wildman–Crippen LogP) is 2.41. The third kappa shape index (κ3) is 3.56. The summed E-state index contributed by atoms with van der Waals surface area (Å²) < 4.78 is 13.5. The van der Waals surface area contributed by atoms with Gasteiger partial charge in [0, 0.05) is 18.4 Å². The predicted molar refractivity (Wildman–Crippen MR) is 84.2 cm³/mol. The second kappa shape index (κ2) is 6.46. The Balaban J connectivity index is 1.78. The van der Waals surface area contributed by atoms with E-state index in [0.717, 1.165) is 16.8 Å². The van der Waals surface area contributed by atoms with E-state index in [4.69, 9.17) is 0 Å². The number of nitrogens with zero attached hydrogens (tertiary/aromatic N) is 2. The lowest BCUT2D eigenvalue weighted by Gasteiger charge is -2.25. The molecule has 0 saturated carbocycles. The molecule has 0 unspecified atom stereocenters. The van der Waals surface area contributed by atoms with E-state index in [1.54, 1.807) is 23.2 Å². The summed E-state index contributed by atoms with van der Waals surface area (Å²) in [5, 5.41) is 9.95. The molecule has 4 nitrogen and oxygen atoms in total. The quantitative estimate of drug-likeness (QED) is 0.946. The summed E-state index contributed by atoms with van der Waals surface area (Å²) in [6.07, 6.45) is 1.77. The molecule has 23 heavy (non-hydrogen) atoms. The van der Waals surface area contributed by atoms with Crippen molar-refractivity contribution in [3.05, 3.63) is 65.2 Å². The fourth-order valence-electron chi connectivity index (χ4n) is 3.00. The van der Waals surface area contributed by atoms with Gasteiger partial charge in [-0.1, -0.05) is 18.2 Å². The molecule has 0 radical (unpaired) electrons. The van der Waals surface area contributed by atoms with Gasteiger partial charge >= 0.3 is 0 Å². The molecule has 5 heteroatoms. The molecule has 1 amide bonds. The van der Waals surface area contributed by atoms with Crippen LogP contribution in [0.5, 0.6) is 0 Å². The fraction of sp³-hybridized carbons (Fsp3) is 0.333. The second-order valence-electron chi connectivity index (χ2n) is 5.99. The first kappa shape index (κ1) is 15.6. The SMILES string of the molecule is Cc1ccc(CC(=O)N2C[C@H](O)C[C@H]2c2cccc(F)c2)cn1. The van der Waals surface area contributed by atoms with Crippen LogP contribution in [0.25, 0.3) is 0 Å². The molecule has 3 rings (SSSR count). The number of aromatic nitrogens is 1. The number of amides is 1. The number of carbonyl (C=O) groups is 1. The average Bonchev–Trinajstić information content (AvgIpc) is 2.92. The molecule has 2 aromatic rings. The van der Waals surface area contributed by atoms with Crippen molar-refractivity contribution in [3.63, 3.8) is 0 Å². The maximum absolute atomic E-state index is 13.5. The lowest BCUT2D eigenvalue weighted by Crippen LogP contribution is -2.33. The number of aliphatic hydroxyl groups excluding tert-OH is 1. The number of rotatable bonds is 3. The molecule has 1 aliphatic heterocycles. The maximum Gasteiger partial charge on any atom is 0.227 e. The van der Waals surface area contributed by atoms with Crippen molar-refractivity contribution in [3.8, 4) is 0 Å². The normalized spacial score (nSPS) is 20.7. The maximum atomic E-state index is 13.5. The standard InChI is InChI=1S/C18H19FN2O2/c1-12-5-6-13(10-20-12)7-18(23)21-11-16(22)9-17(21)14-3-2-4-15(19)8-14/h2-6,8,10,16-17,22H,7,9,11H2,1H3/t16-,17+/m1/s1. The first-order valence-corrected chi connectivity index (χ1v) is 7.67. The van der Waals surface area contributed by atoms with Crippen molar-refractivity contribution < 1.29 is 14.3 Å². The van der Waals surface area contributed by atoms with E-state index in [2.05, 4.69) is 4.98 Å². The molecular formula is C18H19FN2O2. The summed E-state index contributed by atoms with van der Waals surface area (Å²) in [6, 6.07) is 9.68. The number of pyridine rings is 1. The lowest BCUT2D eigenvalue weighted by molar-refractivity contribution is -0.131. The minimum Gasteiger partial charge on any atom is -0.391 e. The molecular weight excluding hydrogens is 295 g/mol. The average molecular weight is 314 g/mol. The number of likely N-dealkylation sites (tertiary alicyclic amines) is 1. The van der Waals surface area contributed by atoms with Crippen LogP contribution in [0.4, 0.5) is 4.39 Å². The number of hydrogen-bond donors (Lipinski definition) is 1. The van der Waals surface area contributed by atoms with Gasteiger partial charge in [-0.3, -0.25) is 9.78 Å². The Morgan fingerprint density at radius 3 is 2.91 bits per heavy atom. The molecule has 1 aromatic carbocycles. The Bertz CT molecular complexity index is 702. The van der Waals surface area contributed by atoms with Gasteiger partial charge < -0.3 is 10.0 Å². The Kier molecular flexibility index (Phi) is 4.39. The first-order valence-electron chi connectivity index (χ1n) is 7.67. The molecule has 1 N–H and O–H groups in total. The topological polar surface area (TPSA) is 53.4 Å². The zero-order chi connectivity index (χ0) is 16.4. The van der Waals surface area contributed by atoms with Crippen LogP contribution in [-0.2, 0) is 11.2 Å². The molecule has 0 bridgehead atoms. The van der Waals surface area contributed by atoms with Gasteiger partial charge in [0.05, 0.1) is 18.6 Å². The molecule has 0 aliphatic carbocycles. The molecule has 1 aliphatic rings. The van der Waals surface area contributed by atoms with Crippen LogP contribution < -0.4 is 0 Å². The molecule has 1 fully saturated rings. The van der Waals surface area contributed by atoms with Crippen LogP contribution >= 0.6 is 0 Å². The smallest absolute Gasteiger partial charge is 0.227 e. The molecule has 1 aromatic heterocycles. The third-order valence-electron chi connectivity index (χ3n) is 4.16. The second-order valence-corrected chi connectivity index (χ2v) is 5.99. The van der Waals surface area contributed by atoms with Crippen LogP contribution in [-0.4, -0.2) is 33.5 Å².